The molecule has 0 saturated carbocycles. The van der Waals surface area contributed by atoms with Crippen LogP contribution < -0.4 is 9.64 Å². The third-order valence-electron chi connectivity index (χ3n) is 8.02. The SMILES string of the molecule is COc1ccc(-c2nc(C3CCN(c4ncnc5c4C=C(c4ccc(C#N)cc4)CCC5)CC3)[nH]c2C)cc1F. The maximum absolute atomic E-state index is 14.3. The first kappa shape index (κ1) is 25.8. The number of nitrogens with zero attached hydrogens (tertiary/aromatic N) is 5. The van der Waals surface area contributed by atoms with Gasteiger partial charge < -0.3 is 14.6 Å². The summed E-state index contributed by atoms with van der Waals surface area (Å²) in [5.74, 6) is 2.06. The summed E-state index contributed by atoms with van der Waals surface area (Å²) in [5, 5.41) is 9.17. The topological polar surface area (TPSA) is 90.7 Å². The average molecular weight is 535 g/mol. The van der Waals surface area contributed by atoms with E-state index in [1.165, 1.54) is 18.7 Å². The van der Waals surface area contributed by atoms with Gasteiger partial charge in [-0.15, -0.1) is 0 Å². The number of halogens is 1. The fraction of sp³-hybridized carbons (Fsp3) is 0.312. The number of anilines is 1. The lowest BCUT2D eigenvalue weighted by molar-refractivity contribution is 0.386. The molecule has 0 spiro atoms. The summed E-state index contributed by atoms with van der Waals surface area (Å²) < 4.78 is 19.4. The molecule has 1 aliphatic carbocycles. The lowest BCUT2D eigenvalue weighted by atomic mass is 9.95. The summed E-state index contributed by atoms with van der Waals surface area (Å²) in [6.07, 6.45) is 8.72. The van der Waals surface area contributed by atoms with Crippen molar-refractivity contribution in [3.8, 4) is 23.1 Å². The standard InChI is InChI=1S/C32H31FN6O/c1-20-30(25-10-11-29(40-2)27(33)17-25)38-31(37-20)23-12-14-39(15-13-23)32-26-16-24(4-3-5-28(26)35-19-36-32)22-8-6-21(18-34)7-9-22/h6-11,16-17,19,23H,3-5,12-15H2,1-2H3,(H,37,38). The van der Waals surface area contributed by atoms with Crippen LogP contribution in [-0.2, 0) is 6.42 Å². The first-order chi connectivity index (χ1) is 19.5. The summed E-state index contributed by atoms with van der Waals surface area (Å²) in [6, 6.07) is 15.0. The van der Waals surface area contributed by atoms with Crippen LogP contribution in [0.15, 0.2) is 48.8 Å². The number of rotatable bonds is 5. The molecule has 8 heteroatoms. The van der Waals surface area contributed by atoms with Crippen LogP contribution in [0.3, 0.4) is 0 Å². The van der Waals surface area contributed by atoms with Crippen molar-refractivity contribution in [3.63, 3.8) is 0 Å². The lowest BCUT2D eigenvalue weighted by Crippen LogP contribution is -2.34. The molecule has 0 amide bonds. The second kappa shape index (κ2) is 10.9. The van der Waals surface area contributed by atoms with E-state index in [2.05, 4.69) is 27.0 Å². The molecule has 7 nitrogen and oxygen atoms in total. The van der Waals surface area contributed by atoms with Gasteiger partial charge in [0, 0.05) is 35.8 Å². The van der Waals surface area contributed by atoms with Crippen molar-refractivity contribution in [2.24, 2.45) is 0 Å². The van der Waals surface area contributed by atoms with Gasteiger partial charge in [0.1, 0.15) is 18.0 Å². The molecule has 0 bridgehead atoms. The minimum absolute atomic E-state index is 0.228. The first-order valence-corrected chi connectivity index (χ1v) is 13.7. The van der Waals surface area contributed by atoms with Crippen molar-refractivity contribution in [2.75, 3.05) is 25.1 Å². The lowest BCUT2D eigenvalue weighted by Gasteiger charge is -2.33. The van der Waals surface area contributed by atoms with Gasteiger partial charge in [-0.1, -0.05) is 12.1 Å². The average Bonchev–Trinajstić information content (AvgIpc) is 3.24. The Balaban J connectivity index is 1.21. The second-order valence-corrected chi connectivity index (χ2v) is 10.5. The van der Waals surface area contributed by atoms with E-state index in [0.717, 1.165) is 90.6 Å². The number of methoxy groups -OCH3 is 1. The van der Waals surface area contributed by atoms with Crippen LogP contribution in [0.1, 0.15) is 65.5 Å². The zero-order chi connectivity index (χ0) is 27.6. The number of aromatic amines is 1. The molecule has 202 valence electrons. The van der Waals surface area contributed by atoms with E-state index < -0.39 is 5.82 Å². The molecule has 4 aromatic rings. The van der Waals surface area contributed by atoms with Crippen molar-refractivity contribution in [1.82, 2.24) is 19.9 Å². The number of allylic oxidation sites excluding steroid dienone is 1. The monoisotopic (exact) mass is 534 g/mol. The Bertz CT molecular complexity index is 1610. The smallest absolute Gasteiger partial charge is 0.165 e. The van der Waals surface area contributed by atoms with Crippen molar-refractivity contribution in [3.05, 3.63) is 88.5 Å². The number of aromatic nitrogens is 4. The number of nitriles is 1. The molecular weight excluding hydrogens is 503 g/mol. The van der Waals surface area contributed by atoms with Crippen LogP contribution in [0.2, 0.25) is 0 Å². The highest BCUT2D eigenvalue weighted by molar-refractivity contribution is 5.86. The summed E-state index contributed by atoms with van der Waals surface area (Å²) >= 11 is 0. The Morgan fingerprint density at radius 1 is 1.05 bits per heavy atom. The van der Waals surface area contributed by atoms with E-state index in [9.17, 15) is 9.65 Å². The largest absolute Gasteiger partial charge is 0.494 e. The minimum atomic E-state index is -0.391. The first-order valence-electron chi connectivity index (χ1n) is 13.7. The van der Waals surface area contributed by atoms with Gasteiger partial charge in [0.25, 0.3) is 0 Å². The van der Waals surface area contributed by atoms with Crippen LogP contribution in [-0.4, -0.2) is 40.1 Å². The molecule has 0 atom stereocenters. The summed E-state index contributed by atoms with van der Waals surface area (Å²) in [5.41, 5.74) is 7.71. The Morgan fingerprint density at radius 2 is 1.82 bits per heavy atom. The predicted molar refractivity (Wildman–Crippen MR) is 153 cm³/mol. The maximum Gasteiger partial charge on any atom is 0.165 e. The van der Waals surface area contributed by atoms with E-state index in [-0.39, 0.29) is 11.7 Å². The number of H-pyrrole nitrogens is 1. The van der Waals surface area contributed by atoms with Gasteiger partial charge in [-0.25, -0.2) is 19.3 Å². The molecular formula is C32H31FN6O. The van der Waals surface area contributed by atoms with Gasteiger partial charge in [0.05, 0.1) is 30.1 Å². The van der Waals surface area contributed by atoms with Gasteiger partial charge >= 0.3 is 0 Å². The number of hydrogen-bond acceptors (Lipinski definition) is 6. The number of benzene rings is 2. The van der Waals surface area contributed by atoms with E-state index >= 15 is 0 Å². The normalized spacial score (nSPS) is 15.7. The molecule has 2 aromatic carbocycles. The van der Waals surface area contributed by atoms with E-state index in [4.69, 9.17) is 14.7 Å². The van der Waals surface area contributed by atoms with Gasteiger partial charge in [-0.3, -0.25) is 0 Å². The molecule has 2 aromatic heterocycles. The number of fused-ring (bicyclic) bond motifs is 1. The Morgan fingerprint density at radius 3 is 2.55 bits per heavy atom. The van der Waals surface area contributed by atoms with Crippen LogP contribution >= 0.6 is 0 Å². The second-order valence-electron chi connectivity index (χ2n) is 10.5. The molecule has 6 rings (SSSR count). The van der Waals surface area contributed by atoms with Gasteiger partial charge in [0.2, 0.25) is 0 Å². The molecule has 1 aliphatic heterocycles. The highest BCUT2D eigenvalue weighted by atomic mass is 19.1. The number of ether oxygens (including phenoxy) is 1. The summed E-state index contributed by atoms with van der Waals surface area (Å²) in [7, 11) is 1.46. The molecule has 1 N–H and O–H groups in total. The highest BCUT2D eigenvalue weighted by Crippen LogP contribution is 2.36. The molecule has 1 saturated heterocycles. The molecule has 3 heterocycles. The van der Waals surface area contributed by atoms with Crippen LogP contribution in [0.4, 0.5) is 10.2 Å². The zero-order valence-corrected chi connectivity index (χ0v) is 22.7. The number of imidazole rings is 1. The van der Waals surface area contributed by atoms with Crippen LogP contribution in [0.5, 0.6) is 5.75 Å². The van der Waals surface area contributed by atoms with E-state index in [1.54, 1.807) is 12.4 Å². The number of aryl methyl sites for hydroxylation is 2. The Kier molecular flexibility index (Phi) is 7.04. The highest BCUT2D eigenvalue weighted by Gasteiger charge is 2.27. The Labute approximate surface area is 233 Å². The maximum atomic E-state index is 14.3. The van der Waals surface area contributed by atoms with Crippen molar-refractivity contribution in [2.45, 2.75) is 44.9 Å². The summed E-state index contributed by atoms with van der Waals surface area (Å²) in [4.78, 5) is 20.1. The van der Waals surface area contributed by atoms with Crippen molar-refractivity contribution in [1.29, 1.82) is 5.26 Å². The van der Waals surface area contributed by atoms with Crippen LogP contribution in [0.25, 0.3) is 22.9 Å². The third kappa shape index (κ3) is 4.95. The van der Waals surface area contributed by atoms with E-state index in [1.807, 2.05) is 37.3 Å². The number of hydrogen-bond donors (Lipinski definition) is 1. The zero-order valence-electron chi connectivity index (χ0n) is 22.7. The van der Waals surface area contributed by atoms with Crippen molar-refractivity contribution < 1.29 is 9.13 Å². The van der Waals surface area contributed by atoms with Crippen LogP contribution in [0, 0.1) is 24.1 Å². The Hall–Kier alpha value is -4.51. The summed E-state index contributed by atoms with van der Waals surface area (Å²) in [6.45, 7) is 3.71. The van der Waals surface area contributed by atoms with Crippen molar-refractivity contribution >= 4 is 17.5 Å². The van der Waals surface area contributed by atoms with E-state index in [0.29, 0.717) is 5.56 Å². The van der Waals surface area contributed by atoms with Gasteiger partial charge in [-0.05, 0) is 86.6 Å². The third-order valence-corrected chi connectivity index (χ3v) is 8.02. The van der Waals surface area contributed by atoms with Gasteiger partial charge in [-0.2, -0.15) is 5.26 Å². The number of nitrogens with one attached hydrogen (secondary N) is 1. The molecule has 0 radical (unpaired) electrons. The minimum Gasteiger partial charge on any atom is -0.494 e. The van der Waals surface area contributed by atoms with Gasteiger partial charge in [0.15, 0.2) is 11.6 Å². The molecule has 0 unspecified atom stereocenters. The predicted octanol–water partition coefficient (Wildman–Crippen LogP) is 6.46. The quantitative estimate of drug-likeness (QED) is 0.316. The molecule has 2 aliphatic rings. The number of piperidine rings is 1. The fourth-order valence-electron chi connectivity index (χ4n) is 5.84. The molecule has 1 fully saturated rings. The fourth-order valence-corrected chi connectivity index (χ4v) is 5.84. The molecule has 40 heavy (non-hydrogen) atoms.